The van der Waals surface area contributed by atoms with E-state index in [1.807, 2.05) is 18.2 Å². The molecule has 0 spiro atoms. The van der Waals surface area contributed by atoms with E-state index in [-0.39, 0.29) is 5.91 Å². The third-order valence-electron chi connectivity index (χ3n) is 2.85. The van der Waals surface area contributed by atoms with Crippen molar-refractivity contribution in [1.82, 2.24) is 15.3 Å². The van der Waals surface area contributed by atoms with Gasteiger partial charge in [0.2, 0.25) is 0 Å². The van der Waals surface area contributed by atoms with Crippen LogP contribution in [0.15, 0.2) is 41.6 Å². The summed E-state index contributed by atoms with van der Waals surface area (Å²) in [6.45, 7) is 0.594. The molecule has 0 saturated carbocycles. The largest absolute Gasteiger partial charge is 0.352 e. The van der Waals surface area contributed by atoms with Crippen molar-refractivity contribution in [3.05, 3.63) is 48.0 Å². The van der Waals surface area contributed by atoms with E-state index in [2.05, 4.69) is 21.4 Å². The highest BCUT2D eigenvalue weighted by Gasteiger charge is 2.10. The molecule has 0 fully saturated rings. The minimum absolute atomic E-state index is 0.101. The summed E-state index contributed by atoms with van der Waals surface area (Å²) in [5.41, 5.74) is 0.621. The average molecular weight is 300 g/mol. The fourth-order valence-corrected chi connectivity index (χ4v) is 2.59. The van der Waals surface area contributed by atoms with Crippen LogP contribution in [0.2, 0.25) is 0 Å². The third-order valence-corrected chi connectivity index (χ3v) is 3.80. The number of nitrogens with zero attached hydrogens (tertiary/aromatic N) is 2. The molecule has 2 aromatic rings. The molecule has 1 heterocycles. The van der Waals surface area contributed by atoms with Gasteiger partial charge in [-0.1, -0.05) is 12.1 Å². The minimum atomic E-state index is -0.101. The standard InChI is InChI=1S/C15H16N4OS/c16-7-11-21-13-5-2-1-4-12(13)15(20)19-8-3-6-14-17-9-10-18-14/h1-2,4-5,9-10H,3,6,8,11H2,(H,17,18)(H,19,20). The molecule has 1 amide bonds. The van der Waals surface area contributed by atoms with Crippen LogP contribution >= 0.6 is 11.8 Å². The molecule has 21 heavy (non-hydrogen) atoms. The summed E-state index contributed by atoms with van der Waals surface area (Å²) in [4.78, 5) is 20.2. The Hall–Kier alpha value is -2.26. The van der Waals surface area contributed by atoms with Gasteiger partial charge in [0.05, 0.1) is 17.4 Å². The Kier molecular flexibility index (Phi) is 5.85. The van der Waals surface area contributed by atoms with Crippen LogP contribution in [-0.4, -0.2) is 28.2 Å². The van der Waals surface area contributed by atoms with Gasteiger partial charge in [0.15, 0.2) is 0 Å². The van der Waals surface area contributed by atoms with E-state index in [1.165, 1.54) is 11.8 Å². The predicted molar refractivity (Wildman–Crippen MR) is 82.0 cm³/mol. The van der Waals surface area contributed by atoms with E-state index in [0.717, 1.165) is 23.6 Å². The number of rotatable bonds is 7. The van der Waals surface area contributed by atoms with Gasteiger partial charge in [-0.3, -0.25) is 4.79 Å². The lowest BCUT2D eigenvalue weighted by atomic mass is 10.2. The number of benzene rings is 1. The Morgan fingerprint density at radius 3 is 3.05 bits per heavy atom. The Morgan fingerprint density at radius 1 is 1.43 bits per heavy atom. The first-order chi connectivity index (χ1) is 10.3. The molecule has 6 heteroatoms. The Balaban J connectivity index is 1.84. The molecular weight excluding hydrogens is 284 g/mol. The van der Waals surface area contributed by atoms with Crippen molar-refractivity contribution in [2.45, 2.75) is 17.7 Å². The number of H-pyrrole nitrogens is 1. The smallest absolute Gasteiger partial charge is 0.252 e. The normalized spacial score (nSPS) is 10.0. The molecule has 108 valence electrons. The van der Waals surface area contributed by atoms with Crippen LogP contribution in [0.4, 0.5) is 0 Å². The fourth-order valence-electron chi connectivity index (χ4n) is 1.88. The van der Waals surface area contributed by atoms with Gasteiger partial charge in [-0.2, -0.15) is 5.26 Å². The zero-order valence-corrected chi connectivity index (χ0v) is 12.3. The van der Waals surface area contributed by atoms with Gasteiger partial charge in [0.25, 0.3) is 5.91 Å². The highest BCUT2D eigenvalue weighted by atomic mass is 32.2. The van der Waals surface area contributed by atoms with E-state index >= 15 is 0 Å². The van der Waals surface area contributed by atoms with Crippen LogP contribution in [0.5, 0.6) is 0 Å². The zero-order chi connectivity index (χ0) is 14.9. The lowest BCUT2D eigenvalue weighted by Crippen LogP contribution is -2.25. The van der Waals surface area contributed by atoms with Crippen LogP contribution in [0.1, 0.15) is 22.6 Å². The summed E-state index contributed by atoms with van der Waals surface area (Å²) in [7, 11) is 0. The maximum atomic E-state index is 12.2. The fraction of sp³-hybridized carbons (Fsp3) is 0.267. The molecule has 2 rings (SSSR count). The van der Waals surface area contributed by atoms with Crippen LogP contribution < -0.4 is 5.32 Å². The Labute approximate surface area is 127 Å². The SMILES string of the molecule is N#CCSc1ccccc1C(=O)NCCCc1ncc[nH]1. The number of aryl methyl sites for hydroxylation is 1. The molecule has 5 nitrogen and oxygen atoms in total. The van der Waals surface area contributed by atoms with Crippen LogP contribution in [-0.2, 0) is 6.42 Å². The van der Waals surface area contributed by atoms with Gasteiger partial charge >= 0.3 is 0 Å². The molecular formula is C15H16N4OS. The van der Waals surface area contributed by atoms with Gasteiger partial charge in [-0.05, 0) is 18.6 Å². The minimum Gasteiger partial charge on any atom is -0.352 e. The number of amides is 1. The molecule has 1 aromatic carbocycles. The van der Waals surface area contributed by atoms with Gasteiger partial charge < -0.3 is 10.3 Å². The number of carbonyl (C=O) groups is 1. The van der Waals surface area contributed by atoms with Crippen molar-refractivity contribution in [3.63, 3.8) is 0 Å². The van der Waals surface area contributed by atoms with E-state index in [9.17, 15) is 4.79 Å². The number of imidazole rings is 1. The lowest BCUT2D eigenvalue weighted by molar-refractivity contribution is 0.0950. The van der Waals surface area contributed by atoms with Crippen molar-refractivity contribution >= 4 is 17.7 Å². The molecule has 0 saturated heterocycles. The van der Waals surface area contributed by atoms with E-state index in [0.29, 0.717) is 17.9 Å². The maximum Gasteiger partial charge on any atom is 0.252 e. The number of aromatic amines is 1. The van der Waals surface area contributed by atoms with E-state index in [4.69, 9.17) is 5.26 Å². The third kappa shape index (κ3) is 4.65. The molecule has 0 atom stereocenters. The number of carbonyl (C=O) groups excluding carboxylic acids is 1. The van der Waals surface area contributed by atoms with Crippen molar-refractivity contribution in [2.75, 3.05) is 12.3 Å². The van der Waals surface area contributed by atoms with Gasteiger partial charge in [-0.25, -0.2) is 4.98 Å². The Morgan fingerprint density at radius 2 is 2.29 bits per heavy atom. The molecule has 2 N–H and O–H groups in total. The number of nitriles is 1. The summed E-state index contributed by atoms with van der Waals surface area (Å²) in [5.74, 6) is 1.16. The van der Waals surface area contributed by atoms with Crippen molar-refractivity contribution < 1.29 is 4.79 Å². The summed E-state index contributed by atoms with van der Waals surface area (Å²) < 4.78 is 0. The molecule has 0 bridgehead atoms. The van der Waals surface area contributed by atoms with Crippen molar-refractivity contribution in [3.8, 4) is 6.07 Å². The van der Waals surface area contributed by atoms with E-state index < -0.39 is 0 Å². The molecule has 0 aliphatic rings. The first-order valence-corrected chi connectivity index (χ1v) is 7.65. The lowest BCUT2D eigenvalue weighted by Gasteiger charge is -2.08. The van der Waals surface area contributed by atoms with Gasteiger partial charge in [-0.15, -0.1) is 11.8 Å². The van der Waals surface area contributed by atoms with Crippen LogP contribution in [0.3, 0.4) is 0 Å². The van der Waals surface area contributed by atoms with Crippen LogP contribution in [0, 0.1) is 11.3 Å². The second-order valence-corrected chi connectivity index (χ2v) is 5.36. The second kappa shape index (κ2) is 8.12. The summed E-state index contributed by atoms with van der Waals surface area (Å²) in [6.07, 6.45) is 5.14. The van der Waals surface area contributed by atoms with Crippen LogP contribution in [0.25, 0.3) is 0 Å². The second-order valence-electron chi connectivity index (χ2n) is 4.34. The van der Waals surface area contributed by atoms with Crippen molar-refractivity contribution in [1.29, 1.82) is 5.26 Å². The molecule has 0 radical (unpaired) electrons. The first-order valence-electron chi connectivity index (χ1n) is 6.66. The number of hydrogen-bond donors (Lipinski definition) is 2. The predicted octanol–water partition coefficient (Wildman–Crippen LogP) is 2.39. The first kappa shape index (κ1) is 15.1. The summed E-state index contributed by atoms with van der Waals surface area (Å²) in [6, 6.07) is 9.41. The summed E-state index contributed by atoms with van der Waals surface area (Å²) in [5, 5.41) is 11.5. The molecule has 0 aliphatic heterocycles. The number of aromatic nitrogens is 2. The zero-order valence-electron chi connectivity index (χ0n) is 11.5. The topological polar surface area (TPSA) is 81.6 Å². The highest BCUT2D eigenvalue weighted by Crippen LogP contribution is 2.22. The quantitative estimate of drug-likeness (QED) is 0.607. The molecule has 0 aliphatic carbocycles. The monoisotopic (exact) mass is 300 g/mol. The molecule has 0 unspecified atom stereocenters. The number of hydrogen-bond acceptors (Lipinski definition) is 4. The van der Waals surface area contributed by atoms with Gasteiger partial charge in [0, 0.05) is 30.3 Å². The number of nitrogens with one attached hydrogen (secondary N) is 2. The number of thioether (sulfide) groups is 1. The molecule has 1 aromatic heterocycles. The highest BCUT2D eigenvalue weighted by molar-refractivity contribution is 7.99. The van der Waals surface area contributed by atoms with Gasteiger partial charge in [0.1, 0.15) is 5.82 Å². The average Bonchev–Trinajstić information content (AvgIpc) is 3.03. The summed E-state index contributed by atoms with van der Waals surface area (Å²) >= 11 is 1.38. The van der Waals surface area contributed by atoms with E-state index in [1.54, 1.807) is 18.5 Å². The maximum absolute atomic E-state index is 12.2. The van der Waals surface area contributed by atoms with Crippen molar-refractivity contribution in [2.24, 2.45) is 0 Å². The Bertz CT molecular complexity index is 619.